The van der Waals surface area contributed by atoms with Gasteiger partial charge in [0, 0.05) is 17.3 Å². The Morgan fingerprint density at radius 2 is 1.60 bits per heavy atom. The molecule has 0 amide bonds. The summed E-state index contributed by atoms with van der Waals surface area (Å²) in [6.07, 6.45) is -4.46. The summed E-state index contributed by atoms with van der Waals surface area (Å²) in [5.74, 6) is 0. The van der Waals surface area contributed by atoms with Crippen LogP contribution in [-0.4, -0.2) is 0 Å². The van der Waals surface area contributed by atoms with Crippen LogP contribution in [0.25, 0.3) is 0 Å². The monoisotopic (exact) mass is 319 g/mol. The second-order valence-corrected chi connectivity index (χ2v) is 5.02. The molecule has 1 nitrogen and oxygen atoms in total. The van der Waals surface area contributed by atoms with Crippen LogP contribution in [0, 0.1) is 0 Å². The molecule has 0 atom stereocenters. The third kappa shape index (κ3) is 3.81. The SMILES string of the molecule is FC(F)(F)c1cc(NCc2ccc(Cl)cc2)ccc1Cl. The van der Waals surface area contributed by atoms with Crippen LogP contribution >= 0.6 is 23.2 Å². The first-order chi connectivity index (χ1) is 9.36. The van der Waals surface area contributed by atoms with Gasteiger partial charge in [0.05, 0.1) is 10.6 Å². The minimum absolute atomic E-state index is 0.311. The Bertz CT molecular complexity index is 594. The normalized spacial score (nSPS) is 11.4. The van der Waals surface area contributed by atoms with Gasteiger partial charge >= 0.3 is 6.18 Å². The zero-order chi connectivity index (χ0) is 14.8. The van der Waals surface area contributed by atoms with Crippen LogP contribution in [0.2, 0.25) is 10.0 Å². The summed E-state index contributed by atoms with van der Waals surface area (Å²) in [6.45, 7) is 0.399. The van der Waals surface area contributed by atoms with Crippen molar-refractivity contribution in [3.63, 3.8) is 0 Å². The maximum absolute atomic E-state index is 12.7. The second kappa shape index (κ2) is 5.94. The summed E-state index contributed by atoms with van der Waals surface area (Å²) in [6, 6.07) is 10.8. The Labute approximate surface area is 124 Å². The molecule has 0 bridgehead atoms. The van der Waals surface area contributed by atoms with E-state index in [4.69, 9.17) is 23.2 Å². The predicted molar refractivity (Wildman–Crippen MR) is 75.2 cm³/mol. The van der Waals surface area contributed by atoms with Crippen molar-refractivity contribution < 1.29 is 13.2 Å². The lowest BCUT2D eigenvalue weighted by molar-refractivity contribution is -0.137. The fraction of sp³-hybridized carbons (Fsp3) is 0.143. The largest absolute Gasteiger partial charge is 0.417 e. The highest BCUT2D eigenvalue weighted by Gasteiger charge is 2.33. The van der Waals surface area contributed by atoms with Gasteiger partial charge in [0.15, 0.2) is 0 Å². The zero-order valence-corrected chi connectivity index (χ0v) is 11.7. The van der Waals surface area contributed by atoms with Gasteiger partial charge < -0.3 is 5.32 Å². The van der Waals surface area contributed by atoms with Gasteiger partial charge in [-0.2, -0.15) is 13.2 Å². The van der Waals surface area contributed by atoms with Gasteiger partial charge in [-0.15, -0.1) is 0 Å². The van der Waals surface area contributed by atoms with Crippen LogP contribution in [0.4, 0.5) is 18.9 Å². The fourth-order valence-corrected chi connectivity index (χ4v) is 2.01. The molecule has 0 aliphatic rings. The molecule has 0 unspecified atom stereocenters. The summed E-state index contributed by atoms with van der Waals surface area (Å²) in [5, 5.41) is 3.22. The number of hydrogen-bond acceptors (Lipinski definition) is 1. The highest BCUT2D eigenvalue weighted by Crippen LogP contribution is 2.36. The average molecular weight is 320 g/mol. The van der Waals surface area contributed by atoms with E-state index in [1.165, 1.54) is 12.1 Å². The van der Waals surface area contributed by atoms with E-state index in [1.54, 1.807) is 24.3 Å². The van der Waals surface area contributed by atoms with Crippen molar-refractivity contribution in [1.82, 2.24) is 0 Å². The molecule has 0 heterocycles. The number of nitrogens with one attached hydrogen (secondary N) is 1. The van der Waals surface area contributed by atoms with Crippen molar-refractivity contribution in [3.8, 4) is 0 Å². The third-order valence-electron chi connectivity index (χ3n) is 2.68. The van der Waals surface area contributed by atoms with E-state index >= 15 is 0 Å². The van der Waals surface area contributed by atoms with Gasteiger partial charge in [-0.3, -0.25) is 0 Å². The Kier molecular flexibility index (Phi) is 4.45. The van der Waals surface area contributed by atoms with Crippen LogP contribution in [-0.2, 0) is 12.7 Å². The summed E-state index contributed by atoms with van der Waals surface area (Å²) in [7, 11) is 0. The minimum Gasteiger partial charge on any atom is -0.381 e. The van der Waals surface area contributed by atoms with Crippen molar-refractivity contribution in [2.75, 3.05) is 5.32 Å². The molecule has 2 aromatic carbocycles. The molecule has 2 aromatic rings. The minimum atomic E-state index is -4.46. The number of benzene rings is 2. The molecule has 0 radical (unpaired) electrons. The van der Waals surface area contributed by atoms with Gasteiger partial charge in [-0.1, -0.05) is 35.3 Å². The van der Waals surface area contributed by atoms with Crippen molar-refractivity contribution in [1.29, 1.82) is 0 Å². The molecule has 0 aromatic heterocycles. The van der Waals surface area contributed by atoms with E-state index in [0.29, 0.717) is 17.3 Å². The molecule has 0 spiro atoms. The van der Waals surface area contributed by atoms with E-state index in [-0.39, 0.29) is 5.02 Å². The van der Waals surface area contributed by atoms with E-state index in [2.05, 4.69) is 5.32 Å². The van der Waals surface area contributed by atoms with E-state index in [1.807, 2.05) is 0 Å². The lowest BCUT2D eigenvalue weighted by Gasteiger charge is -2.12. The Morgan fingerprint density at radius 1 is 0.950 bits per heavy atom. The van der Waals surface area contributed by atoms with Gasteiger partial charge in [-0.05, 0) is 35.9 Å². The first kappa shape index (κ1) is 15.0. The molecule has 0 aliphatic heterocycles. The summed E-state index contributed by atoms with van der Waals surface area (Å²) in [4.78, 5) is 0. The molecule has 106 valence electrons. The maximum atomic E-state index is 12.7. The Morgan fingerprint density at radius 3 is 2.20 bits per heavy atom. The van der Waals surface area contributed by atoms with Crippen molar-refractivity contribution in [2.24, 2.45) is 0 Å². The third-order valence-corrected chi connectivity index (χ3v) is 3.26. The molecule has 0 saturated heterocycles. The number of rotatable bonds is 3. The quantitative estimate of drug-likeness (QED) is 0.773. The van der Waals surface area contributed by atoms with Crippen LogP contribution in [0.15, 0.2) is 42.5 Å². The van der Waals surface area contributed by atoms with Gasteiger partial charge in [0.2, 0.25) is 0 Å². The highest BCUT2D eigenvalue weighted by atomic mass is 35.5. The van der Waals surface area contributed by atoms with Crippen LogP contribution in [0.5, 0.6) is 0 Å². The fourth-order valence-electron chi connectivity index (χ4n) is 1.66. The molecular weight excluding hydrogens is 310 g/mol. The summed E-state index contributed by atoms with van der Waals surface area (Å²) >= 11 is 11.3. The van der Waals surface area contributed by atoms with Gasteiger partial charge in [0.1, 0.15) is 0 Å². The first-order valence-electron chi connectivity index (χ1n) is 5.71. The van der Waals surface area contributed by atoms with E-state index in [0.717, 1.165) is 11.6 Å². The average Bonchev–Trinajstić information content (AvgIpc) is 2.38. The van der Waals surface area contributed by atoms with Crippen LogP contribution in [0.1, 0.15) is 11.1 Å². The molecule has 0 fully saturated rings. The number of anilines is 1. The Hall–Kier alpha value is -1.39. The van der Waals surface area contributed by atoms with Gasteiger partial charge in [0.25, 0.3) is 0 Å². The molecule has 20 heavy (non-hydrogen) atoms. The van der Waals surface area contributed by atoms with Crippen molar-refractivity contribution >= 4 is 28.9 Å². The number of halogens is 5. The van der Waals surface area contributed by atoms with Crippen LogP contribution < -0.4 is 5.32 Å². The van der Waals surface area contributed by atoms with Crippen molar-refractivity contribution in [2.45, 2.75) is 12.7 Å². The highest BCUT2D eigenvalue weighted by molar-refractivity contribution is 6.31. The Balaban J connectivity index is 2.12. The topological polar surface area (TPSA) is 12.0 Å². The smallest absolute Gasteiger partial charge is 0.381 e. The lowest BCUT2D eigenvalue weighted by Crippen LogP contribution is -2.07. The number of alkyl halides is 3. The van der Waals surface area contributed by atoms with Gasteiger partial charge in [-0.25, -0.2) is 0 Å². The molecule has 0 saturated carbocycles. The molecule has 2 rings (SSSR count). The molecule has 6 heteroatoms. The van der Waals surface area contributed by atoms with E-state index in [9.17, 15) is 13.2 Å². The molecular formula is C14H10Cl2F3N. The van der Waals surface area contributed by atoms with E-state index < -0.39 is 11.7 Å². The second-order valence-electron chi connectivity index (χ2n) is 4.17. The lowest BCUT2D eigenvalue weighted by atomic mass is 10.1. The predicted octanol–water partition coefficient (Wildman–Crippen LogP) is 5.62. The summed E-state index contributed by atoms with van der Waals surface area (Å²) < 4.78 is 38.1. The zero-order valence-electron chi connectivity index (χ0n) is 10.1. The molecule has 1 N–H and O–H groups in total. The molecule has 0 aliphatic carbocycles. The van der Waals surface area contributed by atoms with Crippen molar-refractivity contribution in [3.05, 3.63) is 63.6 Å². The maximum Gasteiger partial charge on any atom is 0.417 e. The first-order valence-corrected chi connectivity index (χ1v) is 6.47. The standard InChI is InChI=1S/C14H10Cl2F3N/c15-10-3-1-9(2-4-10)8-20-11-5-6-13(16)12(7-11)14(17,18)19/h1-7,20H,8H2. The van der Waals surface area contributed by atoms with Crippen LogP contribution in [0.3, 0.4) is 0 Å². The number of hydrogen-bond donors (Lipinski definition) is 1. The summed E-state index contributed by atoms with van der Waals surface area (Å²) in [5.41, 5.74) is 0.426.